The van der Waals surface area contributed by atoms with Gasteiger partial charge >= 0.3 is 6.09 Å². The average Bonchev–Trinajstić information content (AvgIpc) is 3.34. The van der Waals surface area contributed by atoms with Crippen LogP contribution in [0.15, 0.2) is 72.2 Å². The minimum atomic E-state index is -0.612. The van der Waals surface area contributed by atoms with E-state index in [1.807, 2.05) is 67.4 Å². The second-order valence-electron chi connectivity index (χ2n) is 10.8. The first-order valence-electron chi connectivity index (χ1n) is 13.3. The topological polar surface area (TPSA) is 83.6 Å². The molecule has 4 aromatic rings. The van der Waals surface area contributed by atoms with Crippen molar-refractivity contribution in [3.05, 3.63) is 88.9 Å². The molecule has 2 aromatic heterocycles. The van der Waals surface area contributed by atoms with Crippen molar-refractivity contribution in [2.24, 2.45) is 0 Å². The number of carbonyl (C=O) groups is 2. The van der Waals surface area contributed by atoms with Gasteiger partial charge in [0.15, 0.2) is 0 Å². The molecule has 39 heavy (non-hydrogen) atoms. The van der Waals surface area contributed by atoms with Crippen LogP contribution in [0.2, 0.25) is 0 Å². The maximum atomic E-state index is 13.8. The molecule has 2 aromatic carbocycles. The number of benzene rings is 2. The van der Waals surface area contributed by atoms with Gasteiger partial charge in [-0.15, -0.1) is 11.3 Å². The van der Waals surface area contributed by atoms with E-state index in [-0.39, 0.29) is 5.91 Å². The van der Waals surface area contributed by atoms with E-state index in [1.165, 1.54) is 16.9 Å². The van der Waals surface area contributed by atoms with Gasteiger partial charge in [0.25, 0.3) is 5.91 Å². The highest BCUT2D eigenvalue weighted by Crippen LogP contribution is 2.38. The second kappa shape index (κ2) is 11.5. The van der Waals surface area contributed by atoms with Crippen LogP contribution in [-0.2, 0) is 11.3 Å². The molecule has 0 bridgehead atoms. The van der Waals surface area contributed by atoms with Crippen LogP contribution >= 0.6 is 11.3 Å². The summed E-state index contributed by atoms with van der Waals surface area (Å²) in [6.45, 7) is 7.42. The van der Waals surface area contributed by atoms with E-state index in [0.29, 0.717) is 42.3 Å². The number of piperidine rings is 1. The third kappa shape index (κ3) is 6.40. The zero-order valence-electron chi connectivity index (χ0n) is 22.6. The number of ether oxygens (including phenoxy) is 1. The highest BCUT2D eigenvalue weighted by molar-refractivity contribution is 7.18. The highest BCUT2D eigenvalue weighted by atomic mass is 32.1. The summed E-state index contributed by atoms with van der Waals surface area (Å²) in [5.74, 6) is 0.437. The van der Waals surface area contributed by atoms with Gasteiger partial charge in [0.05, 0.1) is 21.6 Å². The summed E-state index contributed by atoms with van der Waals surface area (Å²) in [4.78, 5) is 32.8. The quantitative estimate of drug-likeness (QED) is 0.268. The summed E-state index contributed by atoms with van der Waals surface area (Å²) in [6.07, 6.45) is 2.96. The monoisotopic (exact) mass is 542 g/mol. The second-order valence-corrected chi connectivity index (χ2v) is 11.7. The van der Waals surface area contributed by atoms with E-state index in [4.69, 9.17) is 4.74 Å². The number of nitrogens with one attached hydrogen (secondary N) is 2. The molecule has 1 saturated heterocycles. The number of hydrogen-bond acceptors (Lipinski definition) is 6. The van der Waals surface area contributed by atoms with Crippen molar-refractivity contribution in [3.8, 4) is 0 Å². The van der Waals surface area contributed by atoms with E-state index in [1.54, 1.807) is 6.20 Å². The first-order chi connectivity index (χ1) is 18.8. The Morgan fingerprint density at radius 1 is 1.03 bits per heavy atom. The Morgan fingerprint density at radius 2 is 1.69 bits per heavy atom. The molecule has 0 radical (unpaired) electrons. The van der Waals surface area contributed by atoms with Crippen LogP contribution in [0.4, 0.5) is 16.2 Å². The molecule has 202 valence electrons. The molecule has 2 N–H and O–H groups in total. The molecule has 3 heterocycles. The zero-order chi connectivity index (χ0) is 27.4. The Morgan fingerprint density at radius 3 is 2.36 bits per heavy atom. The lowest BCUT2D eigenvalue weighted by atomic mass is 9.89. The number of rotatable bonds is 6. The first kappa shape index (κ1) is 26.7. The number of likely N-dealkylation sites (tertiary alicyclic amines) is 1. The van der Waals surface area contributed by atoms with Gasteiger partial charge in [-0.1, -0.05) is 60.7 Å². The summed E-state index contributed by atoms with van der Waals surface area (Å²) in [6, 6.07) is 20.6. The third-order valence-electron chi connectivity index (χ3n) is 6.82. The number of amides is 2. The number of aromatic nitrogens is 1. The number of pyridine rings is 1. The molecule has 0 atom stereocenters. The molecule has 8 heteroatoms. The standard InChI is InChI=1S/C31H34N4O3S/c1-31(2,3)38-30(37)34-25-20-39-28-26(32-18-21-10-6-4-7-11-21)24(19-33-27(25)28)29(36)35-16-14-23(15-17-35)22-12-8-5-9-13-22/h4-13,19-20,23H,14-18H2,1-3H3,(H,32,33)(H,34,37). The van der Waals surface area contributed by atoms with Gasteiger partial charge in [0.2, 0.25) is 0 Å². The fraction of sp³-hybridized carbons (Fsp3) is 0.323. The Labute approximate surface area is 233 Å². The lowest BCUT2D eigenvalue weighted by Gasteiger charge is -2.32. The number of hydrogen-bond donors (Lipinski definition) is 2. The number of carbonyl (C=O) groups excluding carboxylic acids is 2. The molecular formula is C31H34N4O3S. The number of nitrogens with zero attached hydrogens (tertiary/aromatic N) is 2. The van der Waals surface area contributed by atoms with Gasteiger partial charge in [-0.05, 0) is 50.7 Å². The fourth-order valence-corrected chi connectivity index (χ4v) is 5.89. The fourth-order valence-electron chi connectivity index (χ4n) is 4.91. The lowest BCUT2D eigenvalue weighted by Crippen LogP contribution is -2.38. The van der Waals surface area contributed by atoms with Crippen LogP contribution in [0.3, 0.4) is 0 Å². The SMILES string of the molecule is CC(C)(C)OC(=O)Nc1csc2c(NCc3ccccc3)c(C(=O)N3CCC(c4ccccc4)CC3)cnc12. The van der Waals surface area contributed by atoms with Crippen molar-refractivity contribution in [2.45, 2.75) is 51.7 Å². The van der Waals surface area contributed by atoms with Gasteiger partial charge in [-0.3, -0.25) is 15.1 Å². The normalized spacial score (nSPS) is 14.3. The van der Waals surface area contributed by atoms with Crippen LogP contribution < -0.4 is 10.6 Å². The van der Waals surface area contributed by atoms with Crippen molar-refractivity contribution in [1.29, 1.82) is 0 Å². The maximum Gasteiger partial charge on any atom is 0.412 e. The van der Waals surface area contributed by atoms with E-state index in [9.17, 15) is 9.59 Å². The largest absolute Gasteiger partial charge is 0.444 e. The molecule has 7 nitrogen and oxygen atoms in total. The number of anilines is 2. The van der Waals surface area contributed by atoms with Crippen molar-refractivity contribution in [3.63, 3.8) is 0 Å². The average molecular weight is 543 g/mol. The lowest BCUT2D eigenvalue weighted by molar-refractivity contribution is 0.0635. The molecule has 2 amide bonds. The number of fused-ring (bicyclic) bond motifs is 1. The van der Waals surface area contributed by atoms with Gasteiger partial charge in [-0.25, -0.2) is 4.79 Å². The van der Waals surface area contributed by atoms with Crippen molar-refractivity contribution in [1.82, 2.24) is 9.88 Å². The van der Waals surface area contributed by atoms with Gasteiger partial charge in [0, 0.05) is 31.2 Å². The van der Waals surface area contributed by atoms with E-state index >= 15 is 0 Å². The molecule has 0 unspecified atom stereocenters. The predicted molar refractivity (Wildman–Crippen MR) is 158 cm³/mol. The smallest absolute Gasteiger partial charge is 0.412 e. The molecule has 1 aliphatic rings. The van der Waals surface area contributed by atoms with E-state index < -0.39 is 11.7 Å². The Kier molecular flexibility index (Phi) is 7.84. The summed E-state index contributed by atoms with van der Waals surface area (Å²) in [5, 5.41) is 8.17. The zero-order valence-corrected chi connectivity index (χ0v) is 23.4. The Hall–Kier alpha value is -3.91. The van der Waals surface area contributed by atoms with Crippen LogP contribution in [-0.4, -0.2) is 40.6 Å². The highest BCUT2D eigenvalue weighted by Gasteiger charge is 2.28. The Bertz CT molecular complexity index is 1440. The summed E-state index contributed by atoms with van der Waals surface area (Å²) in [5.41, 5.74) is 4.30. The molecular weight excluding hydrogens is 508 g/mol. The van der Waals surface area contributed by atoms with Gasteiger partial charge in [-0.2, -0.15) is 0 Å². The molecule has 1 aliphatic heterocycles. The predicted octanol–water partition coefficient (Wildman–Crippen LogP) is 7.28. The third-order valence-corrected chi connectivity index (χ3v) is 7.80. The van der Waals surface area contributed by atoms with E-state index in [0.717, 1.165) is 28.8 Å². The summed E-state index contributed by atoms with van der Waals surface area (Å²) in [7, 11) is 0. The Balaban J connectivity index is 1.40. The molecule has 0 spiro atoms. The summed E-state index contributed by atoms with van der Waals surface area (Å²) < 4.78 is 6.25. The first-order valence-corrected chi connectivity index (χ1v) is 14.2. The molecule has 0 saturated carbocycles. The summed E-state index contributed by atoms with van der Waals surface area (Å²) >= 11 is 1.45. The van der Waals surface area contributed by atoms with Gasteiger partial charge < -0.3 is 15.0 Å². The van der Waals surface area contributed by atoms with Crippen LogP contribution in [0.25, 0.3) is 10.2 Å². The van der Waals surface area contributed by atoms with Crippen molar-refractivity contribution < 1.29 is 14.3 Å². The molecule has 1 fully saturated rings. The minimum absolute atomic E-state index is 0.0264. The van der Waals surface area contributed by atoms with Crippen LogP contribution in [0, 0.1) is 0 Å². The van der Waals surface area contributed by atoms with E-state index in [2.05, 4.69) is 39.9 Å². The molecule has 5 rings (SSSR count). The maximum absolute atomic E-state index is 13.8. The van der Waals surface area contributed by atoms with Crippen molar-refractivity contribution >= 4 is 44.9 Å². The minimum Gasteiger partial charge on any atom is -0.444 e. The molecule has 0 aliphatic carbocycles. The van der Waals surface area contributed by atoms with Gasteiger partial charge in [0.1, 0.15) is 11.1 Å². The van der Waals surface area contributed by atoms with Crippen LogP contribution in [0.5, 0.6) is 0 Å². The van der Waals surface area contributed by atoms with Crippen LogP contribution in [0.1, 0.15) is 61.0 Å². The van der Waals surface area contributed by atoms with Crippen molar-refractivity contribution in [2.75, 3.05) is 23.7 Å². The number of thiophene rings is 1.